The smallest absolute Gasteiger partial charge is 0.267 e. The summed E-state index contributed by atoms with van der Waals surface area (Å²) in [5.41, 5.74) is 3.11. The number of carbonyl (C=O) groups excluding carboxylic acids is 1. The minimum atomic E-state index is -0.230. The maximum atomic E-state index is 11.9. The van der Waals surface area contributed by atoms with E-state index in [0.29, 0.717) is 10.7 Å². The number of aromatic amines is 1. The molecule has 0 fully saturated rings. The van der Waals surface area contributed by atoms with E-state index in [1.165, 1.54) is 16.9 Å². The molecule has 0 saturated carbocycles. The molecular formula is C16H14N4OS2. The van der Waals surface area contributed by atoms with Gasteiger partial charge < -0.3 is 5.32 Å². The molecule has 7 heteroatoms. The average Bonchev–Trinajstić information content (AvgIpc) is 3.19. The Balaban J connectivity index is 1.63. The van der Waals surface area contributed by atoms with Crippen LogP contribution in [0.4, 0.5) is 5.82 Å². The van der Waals surface area contributed by atoms with Crippen LogP contribution in [0.3, 0.4) is 0 Å². The lowest BCUT2D eigenvalue weighted by molar-refractivity contribution is 0.0981. The summed E-state index contributed by atoms with van der Waals surface area (Å²) in [6, 6.07) is 13.5. The Kier molecular flexibility index (Phi) is 4.50. The van der Waals surface area contributed by atoms with E-state index in [4.69, 9.17) is 12.2 Å². The Morgan fingerprint density at radius 1 is 1.26 bits per heavy atom. The zero-order chi connectivity index (χ0) is 16.2. The van der Waals surface area contributed by atoms with E-state index in [1.54, 1.807) is 6.07 Å². The minimum Gasteiger partial charge on any atom is -0.316 e. The molecule has 1 aromatic carbocycles. The first kappa shape index (κ1) is 15.4. The van der Waals surface area contributed by atoms with E-state index in [9.17, 15) is 4.79 Å². The molecule has 2 heterocycles. The van der Waals surface area contributed by atoms with Crippen molar-refractivity contribution < 1.29 is 4.79 Å². The first-order valence-corrected chi connectivity index (χ1v) is 8.19. The van der Waals surface area contributed by atoms with Crippen LogP contribution >= 0.6 is 23.6 Å². The number of rotatable bonds is 3. The van der Waals surface area contributed by atoms with Crippen molar-refractivity contribution in [2.24, 2.45) is 0 Å². The monoisotopic (exact) mass is 342 g/mol. The molecule has 0 saturated heterocycles. The summed E-state index contributed by atoms with van der Waals surface area (Å²) >= 11 is 6.50. The fraction of sp³-hybridized carbons (Fsp3) is 0.0625. The van der Waals surface area contributed by atoms with Crippen molar-refractivity contribution in [2.45, 2.75) is 6.92 Å². The van der Waals surface area contributed by atoms with Gasteiger partial charge in [0.15, 0.2) is 10.9 Å². The van der Waals surface area contributed by atoms with Crippen LogP contribution in [0.1, 0.15) is 15.2 Å². The van der Waals surface area contributed by atoms with Gasteiger partial charge >= 0.3 is 0 Å². The molecule has 0 unspecified atom stereocenters. The van der Waals surface area contributed by atoms with E-state index in [0.717, 1.165) is 11.3 Å². The van der Waals surface area contributed by atoms with Gasteiger partial charge in [0.2, 0.25) is 0 Å². The standard InChI is InChI=1S/C16H14N4OS2/c1-10-4-6-11(7-5-10)12-9-14(20-19-12)17-16(22)18-15(21)13-3-2-8-23-13/h2-9H,1H3,(H3,17,18,19,20,21,22). The Labute approximate surface area is 142 Å². The number of H-pyrrole nitrogens is 1. The molecule has 3 rings (SSSR count). The van der Waals surface area contributed by atoms with Crippen molar-refractivity contribution in [2.75, 3.05) is 5.32 Å². The van der Waals surface area contributed by atoms with Crippen LogP contribution in [-0.4, -0.2) is 21.2 Å². The predicted octanol–water partition coefficient (Wildman–Crippen LogP) is 3.57. The molecule has 0 bridgehead atoms. The molecule has 0 aliphatic carbocycles. The third-order valence-electron chi connectivity index (χ3n) is 3.15. The van der Waals surface area contributed by atoms with Crippen molar-refractivity contribution >= 4 is 40.4 Å². The third-order valence-corrected chi connectivity index (χ3v) is 4.23. The number of thiocarbonyl (C=S) groups is 1. The molecular weight excluding hydrogens is 328 g/mol. The number of amides is 1. The van der Waals surface area contributed by atoms with Gasteiger partial charge in [0.25, 0.3) is 5.91 Å². The topological polar surface area (TPSA) is 69.8 Å². The van der Waals surface area contributed by atoms with Gasteiger partial charge in [-0.2, -0.15) is 5.10 Å². The second-order valence-corrected chi connectivity index (χ2v) is 6.27. The number of anilines is 1. The molecule has 3 N–H and O–H groups in total. The molecule has 2 aromatic heterocycles. The van der Waals surface area contributed by atoms with Gasteiger partial charge in [0.05, 0.1) is 10.6 Å². The van der Waals surface area contributed by atoms with Gasteiger partial charge in [0.1, 0.15) is 0 Å². The summed E-state index contributed by atoms with van der Waals surface area (Å²) in [4.78, 5) is 12.5. The first-order chi connectivity index (χ1) is 11.1. The Morgan fingerprint density at radius 3 is 2.74 bits per heavy atom. The summed E-state index contributed by atoms with van der Waals surface area (Å²) in [7, 11) is 0. The molecule has 23 heavy (non-hydrogen) atoms. The number of aryl methyl sites for hydroxylation is 1. The van der Waals surface area contributed by atoms with Gasteiger partial charge in [-0.05, 0) is 36.2 Å². The fourth-order valence-electron chi connectivity index (χ4n) is 1.99. The van der Waals surface area contributed by atoms with Crippen LogP contribution in [0.15, 0.2) is 47.8 Å². The highest BCUT2D eigenvalue weighted by atomic mass is 32.1. The number of aromatic nitrogens is 2. The summed E-state index contributed by atoms with van der Waals surface area (Å²) in [5, 5.41) is 14.7. The van der Waals surface area contributed by atoms with Gasteiger partial charge in [-0.1, -0.05) is 35.9 Å². The van der Waals surface area contributed by atoms with E-state index >= 15 is 0 Å². The molecule has 0 atom stereocenters. The number of thiophene rings is 1. The largest absolute Gasteiger partial charge is 0.316 e. The minimum absolute atomic E-state index is 0.213. The van der Waals surface area contributed by atoms with Gasteiger partial charge in [-0.25, -0.2) is 0 Å². The van der Waals surface area contributed by atoms with Gasteiger partial charge in [-0.3, -0.25) is 15.2 Å². The quantitative estimate of drug-likeness (QED) is 0.637. The van der Waals surface area contributed by atoms with Crippen LogP contribution in [-0.2, 0) is 0 Å². The molecule has 116 valence electrons. The lowest BCUT2D eigenvalue weighted by Crippen LogP contribution is -2.33. The SMILES string of the molecule is Cc1ccc(-c2cc(NC(=S)NC(=O)c3cccs3)n[nH]2)cc1. The second-order valence-electron chi connectivity index (χ2n) is 4.92. The normalized spacial score (nSPS) is 10.3. The number of hydrogen-bond acceptors (Lipinski definition) is 4. The van der Waals surface area contributed by atoms with Crippen LogP contribution < -0.4 is 10.6 Å². The summed E-state index contributed by atoms with van der Waals surface area (Å²) in [6.07, 6.45) is 0. The average molecular weight is 342 g/mol. The highest BCUT2D eigenvalue weighted by molar-refractivity contribution is 7.80. The van der Waals surface area contributed by atoms with Crippen LogP contribution in [0.5, 0.6) is 0 Å². The predicted molar refractivity (Wildman–Crippen MR) is 96.8 cm³/mol. The van der Waals surface area contributed by atoms with E-state index in [1.807, 2.05) is 48.7 Å². The van der Waals surface area contributed by atoms with E-state index in [-0.39, 0.29) is 11.0 Å². The fourth-order valence-corrected chi connectivity index (χ4v) is 2.80. The Morgan fingerprint density at radius 2 is 2.04 bits per heavy atom. The van der Waals surface area contributed by atoms with Crippen molar-refractivity contribution in [3.8, 4) is 11.3 Å². The highest BCUT2D eigenvalue weighted by Gasteiger charge is 2.10. The molecule has 0 aliphatic heterocycles. The molecule has 0 aliphatic rings. The van der Waals surface area contributed by atoms with E-state index < -0.39 is 0 Å². The number of carbonyl (C=O) groups is 1. The second kappa shape index (κ2) is 6.72. The van der Waals surface area contributed by atoms with Crippen molar-refractivity contribution in [1.82, 2.24) is 15.5 Å². The number of hydrogen-bond donors (Lipinski definition) is 3. The summed E-state index contributed by atoms with van der Waals surface area (Å²) in [6.45, 7) is 2.04. The third kappa shape index (κ3) is 3.82. The lowest BCUT2D eigenvalue weighted by atomic mass is 10.1. The van der Waals surface area contributed by atoms with Crippen molar-refractivity contribution in [3.63, 3.8) is 0 Å². The van der Waals surface area contributed by atoms with Crippen molar-refractivity contribution in [3.05, 3.63) is 58.3 Å². The molecule has 0 spiro atoms. The molecule has 1 amide bonds. The Hall–Kier alpha value is -2.51. The van der Waals surface area contributed by atoms with Gasteiger partial charge in [0, 0.05) is 6.07 Å². The first-order valence-electron chi connectivity index (χ1n) is 6.90. The number of benzene rings is 1. The zero-order valence-corrected chi connectivity index (χ0v) is 13.9. The number of nitrogens with one attached hydrogen (secondary N) is 3. The number of nitrogens with zero attached hydrogens (tertiary/aromatic N) is 1. The summed E-state index contributed by atoms with van der Waals surface area (Å²) in [5.74, 6) is 0.323. The zero-order valence-electron chi connectivity index (χ0n) is 12.3. The van der Waals surface area contributed by atoms with Crippen LogP contribution in [0.25, 0.3) is 11.3 Å². The maximum absolute atomic E-state index is 11.9. The maximum Gasteiger partial charge on any atom is 0.267 e. The molecule has 3 aromatic rings. The molecule has 0 radical (unpaired) electrons. The van der Waals surface area contributed by atoms with Crippen molar-refractivity contribution in [1.29, 1.82) is 0 Å². The molecule has 5 nitrogen and oxygen atoms in total. The van der Waals surface area contributed by atoms with E-state index in [2.05, 4.69) is 20.8 Å². The highest BCUT2D eigenvalue weighted by Crippen LogP contribution is 2.20. The summed E-state index contributed by atoms with van der Waals surface area (Å²) < 4.78 is 0. The van der Waals surface area contributed by atoms with Gasteiger partial charge in [-0.15, -0.1) is 11.3 Å². The van der Waals surface area contributed by atoms with Crippen LogP contribution in [0, 0.1) is 6.92 Å². The Bertz CT molecular complexity index is 822. The lowest BCUT2D eigenvalue weighted by Gasteiger charge is -2.05. The van der Waals surface area contributed by atoms with Crippen LogP contribution in [0.2, 0.25) is 0 Å².